The smallest absolute Gasteiger partial charge is 0.226 e. The fourth-order valence-electron chi connectivity index (χ4n) is 3.60. The molecule has 2 amide bonds. The normalized spacial score (nSPS) is 15.6. The third-order valence-corrected chi connectivity index (χ3v) is 5.00. The highest BCUT2D eigenvalue weighted by atomic mass is 16.2. The maximum atomic E-state index is 12.3. The predicted molar refractivity (Wildman–Crippen MR) is 98.0 cm³/mol. The number of carbonyl (C=O) groups excluding carboxylic acids is 2. The fraction of sp³-hybridized carbons (Fsp3) is 0.600. The Morgan fingerprint density at radius 2 is 1.67 bits per heavy atom. The average molecular weight is 330 g/mol. The molecule has 4 heteroatoms. The minimum absolute atomic E-state index is 0.0210. The van der Waals surface area contributed by atoms with Gasteiger partial charge in [-0.15, -0.1) is 0 Å². The molecule has 132 valence electrons. The van der Waals surface area contributed by atoms with Crippen molar-refractivity contribution in [1.82, 2.24) is 4.90 Å². The molecule has 24 heavy (non-hydrogen) atoms. The molecule has 0 saturated heterocycles. The summed E-state index contributed by atoms with van der Waals surface area (Å²) in [5.41, 5.74) is 3.03. The number of nitrogens with one attached hydrogen (secondary N) is 1. The van der Waals surface area contributed by atoms with Crippen LogP contribution >= 0.6 is 0 Å². The van der Waals surface area contributed by atoms with Gasteiger partial charge in [-0.05, 0) is 37.8 Å². The molecule has 0 unspecified atom stereocenters. The lowest BCUT2D eigenvalue weighted by Gasteiger charge is -2.30. The van der Waals surface area contributed by atoms with Crippen LogP contribution in [0.1, 0.15) is 63.0 Å². The van der Waals surface area contributed by atoms with Gasteiger partial charge in [0.15, 0.2) is 0 Å². The van der Waals surface area contributed by atoms with Crippen LogP contribution in [0.4, 0.5) is 5.69 Å². The molecule has 2 rings (SSSR count). The predicted octanol–water partition coefficient (Wildman–Crippen LogP) is 4.20. The molecule has 0 bridgehead atoms. The van der Waals surface area contributed by atoms with Gasteiger partial charge in [0.2, 0.25) is 11.8 Å². The van der Waals surface area contributed by atoms with Gasteiger partial charge < -0.3 is 10.2 Å². The number of nitrogens with zero attached hydrogens (tertiary/aromatic N) is 1. The SMILES string of the molecule is CC(=O)N(CCC(=O)Nc1c(C)cccc1C)C1CCCCCC1. The number of aryl methyl sites for hydroxylation is 2. The monoisotopic (exact) mass is 330 g/mol. The molecule has 0 aliphatic heterocycles. The first-order valence-corrected chi connectivity index (χ1v) is 9.12. The van der Waals surface area contributed by atoms with Gasteiger partial charge in [-0.3, -0.25) is 9.59 Å². The molecule has 1 fully saturated rings. The van der Waals surface area contributed by atoms with Crippen LogP contribution in [0, 0.1) is 13.8 Å². The van der Waals surface area contributed by atoms with E-state index in [1.807, 2.05) is 36.9 Å². The van der Waals surface area contributed by atoms with Gasteiger partial charge in [0.1, 0.15) is 0 Å². The Labute approximate surface area is 145 Å². The number of anilines is 1. The molecular weight excluding hydrogens is 300 g/mol. The van der Waals surface area contributed by atoms with Gasteiger partial charge in [0.05, 0.1) is 0 Å². The van der Waals surface area contributed by atoms with Gasteiger partial charge >= 0.3 is 0 Å². The van der Waals surface area contributed by atoms with E-state index in [1.54, 1.807) is 6.92 Å². The third-order valence-electron chi connectivity index (χ3n) is 5.00. The molecule has 0 heterocycles. The molecule has 1 aromatic carbocycles. The van der Waals surface area contributed by atoms with Crippen LogP contribution in [0.5, 0.6) is 0 Å². The molecule has 0 spiro atoms. The summed E-state index contributed by atoms with van der Waals surface area (Å²) in [6.07, 6.45) is 7.37. The maximum Gasteiger partial charge on any atom is 0.226 e. The van der Waals surface area contributed by atoms with Gasteiger partial charge in [0, 0.05) is 31.6 Å². The Hall–Kier alpha value is -1.84. The first-order chi connectivity index (χ1) is 11.5. The van der Waals surface area contributed by atoms with Crippen molar-refractivity contribution in [1.29, 1.82) is 0 Å². The summed E-state index contributed by atoms with van der Waals surface area (Å²) in [4.78, 5) is 26.3. The number of carbonyl (C=O) groups is 2. The van der Waals surface area contributed by atoms with Crippen LogP contribution < -0.4 is 5.32 Å². The van der Waals surface area contributed by atoms with E-state index in [0.717, 1.165) is 29.7 Å². The van der Waals surface area contributed by atoms with E-state index >= 15 is 0 Å². The number of para-hydroxylation sites is 1. The first-order valence-electron chi connectivity index (χ1n) is 9.12. The van der Waals surface area contributed by atoms with Gasteiger partial charge in [0.25, 0.3) is 0 Å². The lowest BCUT2D eigenvalue weighted by molar-refractivity contribution is -0.131. The molecule has 0 atom stereocenters. The molecular formula is C20H30N2O2. The van der Waals surface area contributed by atoms with E-state index in [0.29, 0.717) is 19.0 Å². The molecule has 1 aliphatic rings. The second kappa shape index (κ2) is 8.86. The van der Waals surface area contributed by atoms with Crippen molar-refractivity contribution in [2.45, 2.75) is 71.8 Å². The zero-order chi connectivity index (χ0) is 17.5. The van der Waals surface area contributed by atoms with Crippen molar-refractivity contribution in [2.75, 3.05) is 11.9 Å². The zero-order valence-electron chi connectivity index (χ0n) is 15.2. The second-order valence-electron chi connectivity index (χ2n) is 6.92. The molecule has 0 aromatic heterocycles. The third kappa shape index (κ3) is 5.08. The second-order valence-corrected chi connectivity index (χ2v) is 6.92. The van der Waals surface area contributed by atoms with E-state index in [9.17, 15) is 9.59 Å². The Morgan fingerprint density at radius 3 is 2.21 bits per heavy atom. The van der Waals surface area contributed by atoms with Crippen LogP contribution in [-0.2, 0) is 9.59 Å². The quantitative estimate of drug-likeness (QED) is 0.822. The molecule has 1 aromatic rings. The highest BCUT2D eigenvalue weighted by Crippen LogP contribution is 2.23. The van der Waals surface area contributed by atoms with Gasteiger partial charge in [-0.2, -0.15) is 0 Å². The van der Waals surface area contributed by atoms with Crippen LogP contribution in [0.15, 0.2) is 18.2 Å². The van der Waals surface area contributed by atoms with E-state index in [2.05, 4.69) is 5.32 Å². The summed E-state index contributed by atoms with van der Waals surface area (Å²) in [6, 6.07) is 6.29. The summed E-state index contributed by atoms with van der Waals surface area (Å²) >= 11 is 0. The summed E-state index contributed by atoms with van der Waals surface area (Å²) < 4.78 is 0. The van der Waals surface area contributed by atoms with E-state index in [1.165, 1.54) is 25.7 Å². The molecule has 4 nitrogen and oxygen atoms in total. The number of amides is 2. The van der Waals surface area contributed by atoms with Crippen LogP contribution in [0.2, 0.25) is 0 Å². The van der Waals surface area contributed by atoms with E-state index in [-0.39, 0.29) is 11.8 Å². The van der Waals surface area contributed by atoms with E-state index < -0.39 is 0 Å². The van der Waals surface area contributed by atoms with Crippen molar-refractivity contribution in [3.05, 3.63) is 29.3 Å². The minimum atomic E-state index is -0.0210. The fourth-order valence-corrected chi connectivity index (χ4v) is 3.60. The minimum Gasteiger partial charge on any atom is -0.339 e. The number of benzene rings is 1. The van der Waals surface area contributed by atoms with Crippen LogP contribution in [-0.4, -0.2) is 29.3 Å². The van der Waals surface area contributed by atoms with Crippen LogP contribution in [0.3, 0.4) is 0 Å². The van der Waals surface area contributed by atoms with Crippen molar-refractivity contribution < 1.29 is 9.59 Å². The number of hydrogen-bond donors (Lipinski definition) is 1. The Balaban J connectivity index is 1.93. The first kappa shape index (κ1) is 18.5. The Morgan fingerprint density at radius 1 is 1.08 bits per heavy atom. The van der Waals surface area contributed by atoms with Crippen molar-refractivity contribution in [2.24, 2.45) is 0 Å². The number of rotatable bonds is 5. The lowest BCUT2D eigenvalue weighted by atomic mass is 10.1. The van der Waals surface area contributed by atoms with Gasteiger partial charge in [-0.25, -0.2) is 0 Å². The number of hydrogen-bond acceptors (Lipinski definition) is 2. The average Bonchev–Trinajstić information content (AvgIpc) is 2.80. The summed E-state index contributed by atoms with van der Waals surface area (Å²) in [5.74, 6) is 0.0639. The molecule has 1 saturated carbocycles. The van der Waals surface area contributed by atoms with Crippen molar-refractivity contribution >= 4 is 17.5 Å². The van der Waals surface area contributed by atoms with Crippen LogP contribution in [0.25, 0.3) is 0 Å². The van der Waals surface area contributed by atoms with Crippen molar-refractivity contribution in [3.8, 4) is 0 Å². The topological polar surface area (TPSA) is 49.4 Å². The van der Waals surface area contributed by atoms with E-state index in [4.69, 9.17) is 0 Å². The lowest BCUT2D eigenvalue weighted by Crippen LogP contribution is -2.40. The highest BCUT2D eigenvalue weighted by Gasteiger charge is 2.22. The standard InChI is InChI=1S/C20H30N2O2/c1-15-9-8-10-16(2)20(15)21-19(24)13-14-22(17(3)23)18-11-6-4-5-7-12-18/h8-10,18H,4-7,11-14H2,1-3H3,(H,21,24). The largest absolute Gasteiger partial charge is 0.339 e. The summed E-state index contributed by atoms with van der Waals surface area (Å²) in [6.45, 7) is 6.12. The molecule has 1 aliphatic carbocycles. The van der Waals surface area contributed by atoms with Crippen molar-refractivity contribution in [3.63, 3.8) is 0 Å². The maximum absolute atomic E-state index is 12.3. The highest BCUT2D eigenvalue weighted by molar-refractivity contribution is 5.92. The Kier molecular flexibility index (Phi) is 6.83. The Bertz CT molecular complexity index is 555. The molecule has 0 radical (unpaired) electrons. The molecule has 1 N–H and O–H groups in total. The summed E-state index contributed by atoms with van der Waals surface area (Å²) in [7, 11) is 0. The zero-order valence-corrected chi connectivity index (χ0v) is 15.2. The van der Waals surface area contributed by atoms with Gasteiger partial charge in [-0.1, -0.05) is 43.9 Å². The summed E-state index contributed by atoms with van der Waals surface area (Å²) in [5, 5.41) is 3.01.